The molecule has 0 fully saturated rings. The van der Waals surface area contributed by atoms with Gasteiger partial charge in [-0.2, -0.15) is 0 Å². The second-order valence-corrected chi connectivity index (χ2v) is 9.81. The van der Waals surface area contributed by atoms with Crippen molar-refractivity contribution < 1.29 is 4.43 Å². The van der Waals surface area contributed by atoms with Crippen molar-refractivity contribution in [3.8, 4) is 4.97 Å². The Morgan fingerprint density at radius 2 is 2.08 bits per heavy atom. The van der Waals surface area contributed by atoms with Crippen molar-refractivity contribution in [2.24, 2.45) is 0 Å². The summed E-state index contributed by atoms with van der Waals surface area (Å²) in [6.45, 7) is 8.69. The van der Waals surface area contributed by atoms with Gasteiger partial charge in [-0.15, -0.1) is 0 Å². The molecule has 0 bridgehead atoms. The van der Waals surface area contributed by atoms with E-state index in [2.05, 4.69) is 31.5 Å². The molecule has 0 spiro atoms. The molecule has 0 aliphatic heterocycles. The first kappa shape index (κ1) is 12.2. The zero-order chi connectivity index (χ0) is 9.61. The normalized spacial score (nSPS) is 13.9. The average molecular weight is 250 g/mol. The fourth-order valence-corrected chi connectivity index (χ4v) is 3.57. The van der Waals surface area contributed by atoms with E-state index in [0.717, 1.165) is 11.7 Å². The van der Waals surface area contributed by atoms with Crippen LogP contribution in [0.3, 0.4) is 0 Å². The maximum absolute atomic E-state index is 8.44. The number of hydrogen-bond acceptors (Lipinski definition) is 2. The van der Waals surface area contributed by atoms with Gasteiger partial charge in [0.05, 0.1) is 0 Å². The Labute approximate surface area is 82.6 Å². The molecule has 0 saturated heterocycles. The molecule has 0 aliphatic rings. The minimum absolute atomic E-state index is 0.111. The molecule has 0 aliphatic carbocycles. The van der Waals surface area contributed by atoms with E-state index in [0.29, 0.717) is 6.10 Å². The van der Waals surface area contributed by atoms with Crippen molar-refractivity contribution in [3.05, 3.63) is 0 Å². The van der Waals surface area contributed by atoms with Crippen LogP contribution < -0.4 is 0 Å². The summed E-state index contributed by atoms with van der Waals surface area (Å²) in [7, 11) is -1.39. The Morgan fingerprint density at radius 3 is 2.42 bits per heavy atom. The summed E-state index contributed by atoms with van der Waals surface area (Å²) < 4.78 is 5.89. The Balaban J connectivity index is 3.77. The first-order valence-electron chi connectivity index (χ1n) is 4.18. The summed E-state index contributed by atoms with van der Waals surface area (Å²) in [6, 6.07) is 0. The van der Waals surface area contributed by atoms with Gasteiger partial charge in [0.15, 0.2) is 0 Å². The van der Waals surface area contributed by atoms with Gasteiger partial charge in [-0.05, 0) is 0 Å². The van der Waals surface area contributed by atoms with Crippen molar-refractivity contribution in [1.82, 2.24) is 0 Å². The quantitative estimate of drug-likeness (QED) is 0.701. The van der Waals surface area contributed by atoms with Gasteiger partial charge in [0.1, 0.15) is 0 Å². The van der Waals surface area contributed by atoms with Gasteiger partial charge in [-0.25, -0.2) is 0 Å². The molecule has 4 heteroatoms. The van der Waals surface area contributed by atoms with E-state index >= 15 is 0 Å². The monoisotopic (exact) mass is 251 g/mol. The van der Waals surface area contributed by atoms with Crippen molar-refractivity contribution >= 4 is 23.3 Å². The molecule has 1 unspecified atom stereocenters. The van der Waals surface area contributed by atoms with Gasteiger partial charge in [0, 0.05) is 0 Å². The van der Waals surface area contributed by atoms with Gasteiger partial charge in [-0.3, -0.25) is 0 Å². The zero-order valence-electron chi connectivity index (χ0n) is 8.26. The van der Waals surface area contributed by atoms with Crippen LogP contribution in [0.1, 0.15) is 13.3 Å². The van der Waals surface area contributed by atoms with E-state index in [9.17, 15) is 0 Å². The third kappa shape index (κ3) is 6.87. The van der Waals surface area contributed by atoms with Crippen LogP contribution in [0.4, 0.5) is 0 Å². The summed E-state index contributed by atoms with van der Waals surface area (Å²) in [6.07, 6.45) is 1.37. The molecular weight excluding hydrogens is 233 g/mol. The molecule has 2 nitrogen and oxygen atoms in total. The number of rotatable bonds is 5. The van der Waals surface area contributed by atoms with Crippen molar-refractivity contribution in [2.45, 2.75) is 44.4 Å². The molecule has 0 rings (SSSR count). The first-order chi connectivity index (χ1) is 5.49. The van der Waals surface area contributed by atoms with Crippen molar-refractivity contribution in [2.75, 3.05) is 0 Å². The molecule has 0 aromatic rings. The fourth-order valence-electron chi connectivity index (χ4n) is 0.865. The molecule has 0 aromatic heterocycles. The number of nitriles is 1. The van der Waals surface area contributed by atoms with Crippen LogP contribution in [0, 0.1) is 10.2 Å². The molecular formula is C8H17NOSeSi. The molecule has 0 saturated carbocycles. The van der Waals surface area contributed by atoms with Gasteiger partial charge < -0.3 is 0 Å². The Kier molecular flexibility index (Phi) is 5.86. The van der Waals surface area contributed by atoms with Gasteiger partial charge in [0.2, 0.25) is 0 Å². The summed E-state index contributed by atoms with van der Waals surface area (Å²) >= 11 is 0.111. The van der Waals surface area contributed by atoms with Crippen LogP contribution in [0.15, 0.2) is 0 Å². The summed E-state index contributed by atoms with van der Waals surface area (Å²) in [5, 5.41) is 9.39. The van der Waals surface area contributed by atoms with E-state index < -0.39 is 8.32 Å². The average Bonchev–Trinajstić information content (AvgIpc) is 1.95. The second kappa shape index (κ2) is 5.77. The summed E-state index contributed by atoms with van der Waals surface area (Å²) in [4.78, 5) is 2.22. The minimum atomic E-state index is -1.39. The predicted molar refractivity (Wildman–Crippen MR) is 54.7 cm³/mol. The van der Waals surface area contributed by atoms with Crippen LogP contribution in [-0.4, -0.2) is 29.4 Å². The first-order valence-corrected chi connectivity index (χ1v) is 9.66. The molecule has 0 aromatic carbocycles. The third-order valence-electron chi connectivity index (χ3n) is 1.31. The zero-order valence-corrected chi connectivity index (χ0v) is 11.0. The molecule has 0 N–H and O–H groups in total. The molecule has 1 atom stereocenters. The molecule has 0 amide bonds. The van der Waals surface area contributed by atoms with Gasteiger partial charge in [-0.1, -0.05) is 0 Å². The molecule has 70 valence electrons. The van der Waals surface area contributed by atoms with Crippen LogP contribution in [0.5, 0.6) is 0 Å². The third-order valence-corrected chi connectivity index (χ3v) is 3.75. The van der Waals surface area contributed by atoms with Crippen molar-refractivity contribution in [1.29, 1.82) is 5.26 Å². The van der Waals surface area contributed by atoms with Crippen LogP contribution in [0.2, 0.25) is 25.0 Å². The standard InChI is InChI=1S/C8H17NOSeSi/c1-5-8(6-11-7-9)10-12(2,3)4/h8H,5-6H2,1-4H3. The topological polar surface area (TPSA) is 33.0 Å². The van der Waals surface area contributed by atoms with Crippen LogP contribution >= 0.6 is 0 Å². The van der Waals surface area contributed by atoms with Gasteiger partial charge in [0.25, 0.3) is 0 Å². The fraction of sp³-hybridized carbons (Fsp3) is 0.875. The van der Waals surface area contributed by atoms with E-state index in [1.165, 1.54) is 0 Å². The van der Waals surface area contributed by atoms with Crippen LogP contribution in [0.25, 0.3) is 0 Å². The van der Waals surface area contributed by atoms with E-state index in [1.807, 2.05) is 0 Å². The Hall–Kier alpha value is 0.186. The predicted octanol–water partition coefficient (Wildman–Crippen LogP) is 2.22. The van der Waals surface area contributed by atoms with E-state index in [-0.39, 0.29) is 15.0 Å². The van der Waals surface area contributed by atoms with Gasteiger partial charge >= 0.3 is 82.3 Å². The molecule has 12 heavy (non-hydrogen) atoms. The van der Waals surface area contributed by atoms with E-state index in [4.69, 9.17) is 9.69 Å². The maximum atomic E-state index is 8.44. The van der Waals surface area contributed by atoms with E-state index in [1.54, 1.807) is 0 Å². The molecule has 0 heterocycles. The number of hydrogen-bond donors (Lipinski definition) is 0. The van der Waals surface area contributed by atoms with Crippen molar-refractivity contribution in [3.63, 3.8) is 0 Å². The van der Waals surface area contributed by atoms with Crippen LogP contribution in [-0.2, 0) is 4.43 Å². The molecule has 0 radical (unpaired) electrons. The number of nitrogens with zero attached hydrogens (tertiary/aromatic N) is 1. The Bertz CT molecular complexity index is 161. The Morgan fingerprint density at radius 1 is 1.50 bits per heavy atom. The summed E-state index contributed by atoms with van der Waals surface area (Å²) in [5.74, 6) is 0. The SMILES string of the molecule is CCC(C[Se]C#N)O[Si](C)(C)C. The second-order valence-electron chi connectivity index (χ2n) is 3.66. The summed E-state index contributed by atoms with van der Waals surface area (Å²) in [5.41, 5.74) is 0.